The second-order valence-electron chi connectivity index (χ2n) is 7.78. The van der Waals surface area contributed by atoms with Crippen molar-refractivity contribution in [3.63, 3.8) is 0 Å². The van der Waals surface area contributed by atoms with E-state index in [9.17, 15) is 9.59 Å². The molecule has 0 radical (unpaired) electrons. The van der Waals surface area contributed by atoms with Crippen LogP contribution in [0, 0.1) is 0 Å². The molecule has 8 nitrogen and oxygen atoms in total. The van der Waals surface area contributed by atoms with E-state index in [1.54, 1.807) is 32.1 Å². The number of nitrogens with zero attached hydrogens (tertiary/aromatic N) is 2. The number of carbonyl (C=O) groups is 2. The number of hydrogen-bond acceptors (Lipinski definition) is 7. The molecule has 0 fully saturated rings. The molecule has 0 saturated heterocycles. The number of anilines is 1. The molecular weight excluding hydrogens is 466 g/mol. The van der Waals surface area contributed by atoms with E-state index >= 15 is 0 Å². The Morgan fingerprint density at radius 1 is 1.09 bits per heavy atom. The van der Waals surface area contributed by atoms with Crippen molar-refractivity contribution in [1.82, 2.24) is 9.97 Å². The van der Waals surface area contributed by atoms with E-state index in [0.29, 0.717) is 34.5 Å². The summed E-state index contributed by atoms with van der Waals surface area (Å²) in [4.78, 5) is 35.3. The van der Waals surface area contributed by atoms with Gasteiger partial charge in [-0.25, -0.2) is 9.78 Å². The van der Waals surface area contributed by atoms with Crippen molar-refractivity contribution in [2.24, 2.45) is 0 Å². The molecule has 4 rings (SSSR count). The second kappa shape index (κ2) is 11.1. The summed E-state index contributed by atoms with van der Waals surface area (Å²) in [6.07, 6.45) is 4.16. The Kier molecular flexibility index (Phi) is 7.67. The molecule has 182 valence electrons. The van der Waals surface area contributed by atoms with E-state index in [4.69, 9.17) is 14.2 Å². The monoisotopic (exact) mass is 493 g/mol. The van der Waals surface area contributed by atoms with Crippen LogP contribution >= 0.6 is 11.3 Å². The normalized spacial score (nSPS) is 10.8. The predicted molar refractivity (Wildman–Crippen MR) is 136 cm³/mol. The fourth-order valence-corrected chi connectivity index (χ4v) is 4.68. The Bertz CT molecular complexity index is 1310. The largest absolute Gasteiger partial charge is 0.497 e. The molecule has 0 atom stereocenters. The summed E-state index contributed by atoms with van der Waals surface area (Å²) < 4.78 is 15.8. The first-order valence-electron chi connectivity index (χ1n) is 11.2. The molecule has 0 spiro atoms. The molecule has 0 aliphatic rings. The van der Waals surface area contributed by atoms with Gasteiger partial charge in [0.1, 0.15) is 16.4 Å². The van der Waals surface area contributed by atoms with Crippen LogP contribution in [0.5, 0.6) is 11.5 Å². The van der Waals surface area contributed by atoms with Gasteiger partial charge < -0.3 is 19.2 Å². The third kappa shape index (κ3) is 5.63. The van der Waals surface area contributed by atoms with Crippen LogP contribution in [-0.4, -0.2) is 49.2 Å². The molecule has 35 heavy (non-hydrogen) atoms. The summed E-state index contributed by atoms with van der Waals surface area (Å²) in [5.74, 6) is 0.621. The highest BCUT2D eigenvalue weighted by molar-refractivity contribution is 7.17. The van der Waals surface area contributed by atoms with Crippen molar-refractivity contribution in [1.29, 1.82) is 0 Å². The Balaban J connectivity index is 1.60. The summed E-state index contributed by atoms with van der Waals surface area (Å²) in [7, 11) is 3.14. The van der Waals surface area contributed by atoms with Gasteiger partial charge in [-0.1, -0.05) is 29.5 Å². The molecular formula is C26H27N3O5S. The number of esters is 1. The minimum atomic E-state index is -0.446. The van der Waals surface area contributed by atoms with Crippen LogP contribution in [0.25, 0.3) is 10.9 Å². The van der Waals surface area contributed by atoms with Crippen molar-refractivity contribution < 1.29 is 23.8 Å². The first-order chi connectivity index (χ1) is 17.0. The number of aromatic nitrogens is 2. The highest BCUT2D eigenvalue weighted by Crippen LogP contribution is 2.27. The third-order valence-electron chi connectivity index (χ3n) is 5.55. The number of benzene rings is 2. The molecule has 0 unspecified atom stereocenters. The zero-order valence-electron chi connectivity index (χ0n) is 19.9. The Morgan fingerprint density at radius 3 is 2.54 bits per heavy atom. The highest BCUT2D eigenvalue weighted by atomic mass is 32.1. The lowest BCUT2D eigenvalue weighted by atomic mass is 10.1. The van der Waals surface area contributed by atoms with Crippen LogP contribution in [0.3, 0.4) is 0 Å². The van der Waals surface area contributed by atoms with E-state index in [1.165, 1.54) is 6.20 Å². The molecule has 4 aromatic rings. The van der Waals surface area contributed by atoms with Gasteiger partial charge in [0, 0.05) is 29.7 Å². The molecule has 0 aliphatic heterocycles. The van der Waals surface area contributed by atoms with Gasteiger partial charge >= 0.3 is 5.97 Å². The predicted octanol–water partition coefficient (Wildman–Crippen LogP) is 4.64. The van der Waals surface area contributed by atoms with Gasteiger partial charge in [-0.05, 0) is 42.7 Å². The van der Waals surface area contributed by atoms with Crippen LogP contribution in [-0.2, 0) is 22.4 Å². The average molecular weight is 494 g/mol. The number of para-hydroxylation sites is 1. The summed E-state index contributed by atoms with van der Waals surface area (Å²) >= 11 is 1.15. The van der Waals surface area contributed by atoms with E-state index in [0.717, 1.165) is 33.4 Å². The van der Waals surface area contributed by atoms with E-state index in [-0.39, 0.29) is 18.9 Å². The highest BCUT2D eigenvalue weighted by Gasteiger charge is 2.22. The van der Waals surface area contributed by atoms with Gasteiger partial charge in [0.25, 0.3) is 0 Å². The molecule has 1 N–H and O–H groups in total. The molecule has 1 amide bonds. The van der Waals surface area contributed by atoms with Crippen molar-refractivity contribution in [3.05, 3.63) is 70.9 Å². The third-order valence-corrected chi connectivity index (χ3v) is 6.55. The summed E-state index contributed by atoms with van der Waals surface area (Å²) in [5.41, 5.74) is 2.90. The van der Waals surface area contributed by atoms with Crippen LogP contribution < -0.4 is 14.4 Å². The molecule has 2 aromatic carbocycles. The average Bonchev–Trinajstić information content (AvgIpc) is 3.52. The van der Waals surface area contributed by atoms with Crippen molar-refractivity contribution in [3.8, 4) is 11.5 Å². The quantitative estimate of drug-likeness (QED) is 0.324. The fraction of sp³-hybridized carbons (Fsp3) is 0.269. The van der Waals surface area contributed by atoms with Gasteiger partial charge in [0.05, 0.1) is 33.4 Å². The van der Waals surface area contributed by atoms with Crippen molar-refractivity contribution in [2.45, 2.75) is 19.8 Å². The molecule has 2 aromatic heterocycles. The number of fused-ring (bicyclic) bond motifs is 1. The number of rotatable bonds is 10. The SMILES string of the molecule is CCOC(=O)c1cnc(N(CCc2c[nH]c3ccccc23)C(=O)Cc2cc(OC)cc(OC)c2)s1. The lowest BCUT2D eigenvalue weighted by Crippen LogP contribution is -2.34. The lowest BCUT2D eigenvalue weighted by Gasteiger charge is -2.20. The van der Waals surface area contributed by atoms with Crippen LogP contribution in [0.4, 0.5) is 5.13 Å². The van der Waals surface area contributed by atoms with Gasteiger partial charge in [-0.15, -0.1) is 0 Å². The number of carbonyl (C=O) groups excluding carboxylic acids is 2. The molecule has 0 aliphatic carbocycles. The summed E-state index contributed by atoms with van der Waals surface area (Å²) in [5, 5.41) is 1.57. The second-order valence-corrected chi connectivity index (χ2v) is 8.79. The van der Waals surface area contributed by atoms with Gasteiger partial charge in [-0.3, -0.25) is 9.69 Å². The number of H-pyrrole nitrogens is 1. The Labute approximate surface area is 207 Å². The lowest BCUT2D eigenvalue weighted by molar-refractivity contribution is -0.118. The van der Waals surface area contributed by atoms with E-state index < -0.39 is 5.97 Å². The number of thiazole rings is 1. The fourth-order valence-electron chi connectivity index (χ4n) is 3.82. The first-order valence-corrected chi connectivity index (χ1v) is 12.0. The molecule has 2 heterocycles. The number of aromatic amines is 1. The van der Waals surface area contributed by atoms with Crippen LogP contribution in [0.15, 0.2) is 54.9 Å². The van der Waals surface area contributed by atoms with Gasteiger partial charge in [0.2, 0.25) is 5.91 Å². The van der Waals surface area contributed by atoms with E-state index in [1.807, 2.05) is 36.5 Å². The van der Waals surface area contributed by atoms with Crippen LogP contribution in [0.2, 0.25) is 0 Å². The Hall–Kier alpha value is -3.85. The number of nitrogens with one attached hydrogen (secondary N) is 1. The summed E-state index contributed by atoms with van der Waals surface area (Å²) in [6.45, 7) is 2.42. The zero-order chi connectivity index (χ0) is 24.8. The minimum Gasteiger partial charge on any atom is -0.497 e. The zero-order valence-corrected chi connectivity index (χ0v) is 20.7. The number of amides is 1. The minimum absolute atomic E-state index is 0.121. The topological polar surface area (TPSA) is 93.8 Å². The standard InChI is InChI=1S/C26H27N3O5S/c1-4-34-25(31)23-16-28-26(35-23)29(10-9-18-15-27-22-8-6-5-7-21(18)22)24(30)13-17-11-19(32-2)14-20(12-17)33-3/h5-8,11-12,14-16,27H,4,9-10,13H2,1-3H3. The van der Waals surface area contributed by atoms with E-state index in [2.05, 4.69) is 16.0 Å². The molecule has 0 saturated carbocycles. The summed E-state index contributed by atoms with van der Waals surface area (Å²) in [6, 6.07) is 13.4. The number of ether oxygens (including phenoxy) is 3. The van der Waals surface area contributed by atoms with Gasteiger partial charge in [0.15, 0.2) is 5.13 Å². The maximum absolute atomic E-state index is 13.5. The smallest absolute Gasteiger partial charge is 0.350 e. The number of methoxy groups -OCH3 is 2. The number of hydrogen-bond donors (Lipinski definition) is 1. The first kappa shape index (κ1) is 24.3. The van der Waals surface area contributed by atoms with Gasteiger partial charge in [-0.2, -0.15) is 0 Å². The maximum atomic E-state index is 13.5. The molecule has 0 bridgehead atoms. The van der Waals surface area contributed by atoms with Crippen molar-refractivity contribution >= 4 is 39.2 Å². The maximum Gasteiger partial charge on any atom is 0.350 e. The molecule has 9 heteroatoms. The van der Waals surface area contributed by atoms with Crippen LogP contribution in [0.1, 0.15) is 27.7 Å². The van der Waals surface area contributed by atoms with Crippen molar-refractivity contribution in [2.75, 3.05) is 32.3 Å². The Morgan fingerprint density at radius 2 is 1.83 bits per heavy atom.